The van der Waals surface area contributed by atoms with E-state index < -0.39 is 0 Å². The molecule has 29 heavy (non-hydrogen) atoms. The molecule has 1 aliphatic heterocycles. The van der Waals surface area contributed by atoms with E-state index in [1.54, 1.807) is 18.4 Å². The molecule has 2 aromatic rings. The second-order valence-electron chi connectivity index (χ2n) is 7.35. The fourth-order valence-corrected chi connectivity index (χ4v) is 4.30. The van der Waals surface area contributed by atoms with Gasteiger partial charge in [-0.3, -0.25) is 4.99 Å². The first-order valence-corrected chi connectivity index (χ1v) is 11.2. The summed E-state index contributed by atoms with van der Waals surface area (Å²) < 4.78 is 11.0. The predicted octanol–water partition coefficient (Wildman–Crippen LogP) is 3.31. The average Bonchev–Trinajstić information content (AvgIpc) is 3.17. The lowest BCUT2D eigenvalue weighted by Crippen LogP contribution is -2.41. The molecule has 0 amide bonds. The summed E-state index contributed by atoms with van der Waals surface area (Å²) in [5, 5.41) is 10.1. The molecule has 6 nitrogen and oxygen atoms in total. The quantitative estimate of drug-likeness (QED) is 0.510. The monoisotopic (exact) mass is 416 g/mol. The molecular formula is C22H32N4O2S. The van der Waals surface area contributed by atoms with Crippen LogP contribution < -0.4 is 15.4 Å². The van der Waals surface area contributed by atoms with E-state index in [2.05, 4.69) is 40.1 Å². The van der Waals surface area contributed by atoms with E-state index in [0.717, 1.165) is 74.5 Å². The molecule has 1 fully saturated rings. The molecule has 0 bridgehead atoms. The number of hydrogen-bond donors (Lipinski definition) is 2. The number of thiazole rings is 1. The van der Waals surface area contributed by atoms with Crippen LogP contribution in [0.5, 0.6) is 5.75 Å². The fraction of sp³-hybridized carbons (Fsp3) is 0.545. The first kappa shape index (κ1) is 21.6. The molecule has 0 aliphatic carbocycles. The lowest BCUT2D eigenvalue weighted by atomic mass is 9.74. The van der Waals surface area contributed by atoms with Crippen LogP contribution in [0.2, 0.25) is 0 Å². The van der Waals surface area contributed by atoms with Crippen molar-refractivity contribution in [3.05, 3.63) is 45.9 Å². The predicted molar refractivity (Wildman–Crippen MR) is 119 cm³/mol. The molecular weight excluding hydrogens is 384 g/mol. The Morgan fingerprint density at radius 1 is 1.24 bits per heavy atom. The Labute approximate surface area is 177 Å². The lowest BCUT2D eigenvalue weighted by Gasteiger charge is -2.36. The van der Waals surface area contributed by atoms with Gasteiger partial charge in [0.2, 0.25) is 0 Å². The van der Waals surface area contributed by atoms with Crippen molar-refractivity contribution in [1.29, 1.82) is 0 Å². The maximum absolute atomic E-state index is 5.65. The zero-order valence-electron chi connectivity index (χ0n) is 17.7. The number of aryl methyl sites for hydroxylation is 1. The van der Waals surface area contributed by atoms with Gasteiger partial charge in [-0.1, -0.05) is 12.1 Å². The highest BCUT2D eigenvalue weighted by Gasteiger charge is 2.34. The molecule has 2 N–H and O–H groups in total. The summed E-state index contributed by atoms with van der Waals surface area (Å²) in [5.74, 6) is 1.74. The topological polar surface area (TPSA) is 67.8 Å². The van der Waals surface area contributed by atoms with Crippen LogP contribution in [0.1, 0.15) is 36.0 Å². The van der Waals surface area contributed by atoms with Crippen molar-refractivity contribution in [1.82, 2.24) is 15.6 Å². The number of nitrogens with zero attached hydrogens (tertiary/aromatic N) is 2. The first-order chi connectivity index (χ1) is 14.1. The zero-order chi connectivity index (χ0) is 20.5. The van der Waals surface area contributed by atoms with Crippen LogP contribution in [0.15, 0.2) is 34.6 Å². The van der Waals surface area contributed by atoms with Gasteiger partial charge in [-0.05, 0) is 44.4 Å². The van der Waals surface area contributed by atoms with E-state index in [0.29, 0.717) is 0 Å². The Morgan fingerprint density at radius 2 is 2.00 bits per heavy atom. The van der Waals surface area contributed by atoms with E-state index in [4.69, 9.17) is 14.5 Å². The summed E-state index contributed by atoms with van der Waals surface area (Å²) in [6, 6.07) is 8.42. The van der Waals surface area contributed by atoms with Gasteiger partial charge in [-0.2, -0.15) is 0 Å². The Kier molecular flexibility index (Phi) is 7.89. The largest absolute Gasteiger partial charge is 0.497 e. The molecule has 0 spiro atoms. The van der Waals surface area contributed by atoms with Crippen molar-refractivity contribution in [2.75, 3.05) is 40.0 Å². The van der Waals surface area contributed by atoms with Crippen LogP contribution in [-0.2, 0) is 16.6 Å². The minimum Gasteiger partial charge on any atom is -0.497 e. The molecule has 3 rings (SSSR count). The Balaban J connectivity index is 1.68. The highest BCUT2D eigenvalue weighted by Crippen LogP contribution is 2.36. The molecule has 1 aromatic carbocycles. The van der Waals surface area contributed by atoms with Crippen molar-refractivity contribution in [2.45, 2.75) is 38.5 Å². The van der Waals surface area contributed by atoms with E-state index in [-0.39, 0.29) is 5.41 Å². The standard InChI is InChI=1S/C22H32N4O2S/c1-4-23-21(24-12-9-19-15-29-17(2)26-19)25-16-22(10-13-28-14-11-22)18-5-7-20(27-3)8-6-18/h5-8,15H,4,9-14,16H2,1-3H3,(H2,23,24,25). The van der Waals surface area contributed by atoms with Gasteiger partial charge in [0.15, 0.2) is 5.96 Å². The van der Waals surface area contributed by atoms with Crippen molar-refractivity contribution in [3.8, 4) is 5.75 Å². The minimum absolute atomic E-state index is 0.00109. The highest BCUT2D eigenvalue weighted by atomic mass is 32.1. The summed E-state index contributed by atoms with van der Waals surface area (Å²) >= 11 is 1.70. The number of nitrogens with one attached hydrogen (secondary N) is 2. The minimum atomic E-state index is -0.00109. The van der Waals surface area contributed by atoms with E-state index in [1.165, 1.54) is 5.56 Å². The van der Waals surface area contributed by atoms with Gasteiger partial charge >= 0.3 is 0 Å². The third-order valence-corrected chi connectivity index (χ3v) is 6.20. The first-order valence-electron chi connectivity index (χ1n) is 10.3. The third kappa shape index (κ3) is 5.93. The van der Waals surface area contributed by atoms with Crippen LogP contribution >= 0.6 is 11.3 Å². The highest BCUT2D eigenvalue weighted by molar-refractivity contribution is 7.09. The molecule has 158 valence electrons. The van der Waals surface area contributed by atoms with Gasteiger partial charge in [0.1, 0.15) is 5.75 Å². The SMILES string of the molecule is CCNC(=NCC1(c2ccc(OC)cc2)CCOCC1)NCCc1csc(C)n1. The van der Waals surface area contributed by atoms with Gasteiger partial charge in [0.05, 0.1) is 24.4 Å². The fourth-order valence-electron chi connectivity index (χ4n) is 3.65. The smallest absolute Gasteiger partial charge is 0.191 e. The Hall–Kier alpha value is -2.12. The second kappa shape index (κ2) is 10.6. The van der Waals surface area contributed by atoms with Crippen LogP contribution in [0, 0.1) is 6.92 Å². The molecule has 2 heterocycles. The molecule has 0 unspecified atom stereocenters. The Morgan fingerprint density at radius 3 is 2.62 bits per heavy atom. The normalized spacial score (nSPS) is 16.4. The number of rotatable bonds is 8. The molecule has 0 saturated carbocycles. The van der Waals surface area contributed by atoms with Gasteiger partial charge in [-0.25, -0.2) is 4.98 Å². The molecule has 0 radical (unpaired) electrons. The molecule has 7 heteroatoms. The number of benzene rings is 1. The van der Waals surface area contributed by atoms with Crippen molar-refractivity contribution in [2.24, 2.45) is 4.99 Å². The number of methoxy groups -OCH3 is 1. The molecule has 1 aromatic heterocycles. The maximum Gasteiger partial charge on any atom is 0.191 e. The van der Waals surface area contributed by atoms with Crippen molar-refractivity contribution >= 4 is 17.3 Å². The second-order valence-corrected chi connectivity index (χ2v) is 8.41. The van der Waals surface area contributed by atoms with E-state index in [1.807, 2.05) is 19.1 Å². The number of aromatic nitrogens is 1. The maximum atomic E-state index is 5.65. The Bertz CT molecular complexity index is 782. The zero-order valence-corrected chi connectivity index (χ0v) is 18.5. The summed E-state index contributed by atoms with van der Waals surface area (Å²) in [4.78, 5) is 9.49. The average molecular weight is 417 g/mol. The van der Waals surface area contributed by atoms with Crippen LogP contribution in [-0.4, -0.2) is 50.9 Å². The van der Waals surface area contributed by atoms with E-state index in [9.17, 15) is 0 Å². The van der Waals surface area contributed by atoms with Gasteiger partial charge < -0.3 is 20.1 Å². The van der Waals surface area contributed by atoms with Crippen molar-refractivity contribution in [3.63, 3.8) is 0 Å². The van der Waals surface area contributed by atoms with Crippen LogP contribution in [0.3, 0.4) is 0 Å². The van der Waals surface area contributed by atoms with Gasteiger partial charge in [-0.15, -0.1) is 11.3 Å². The lowest BCUT2D eigenvalue weighted by molar-refractivity contribution is 0.0531. The third-order valence-electron chi connectivity index (χ3n) is 5.38. The number of aliphatic imine (C=N–C) groups is 1. The van der Waals surface area contributed by atoms with Gasteiger partial charge in [0.25, 0.3) is 0 Å². The van der Waals surface area contributed by atoms with Gasteiger partial charge in [0, 0.05) is 43.5 Å². The number of guanidine groups is 1. The van der Waals surface area contributed by atoms with Crippen LogP contribution in [0.25, 0.3) is 0 Å². The summed E-state index contributed by atoms with van der Waals surface area (Å²) in [7, 11) is 1.70. The number of ether oxygens (including phenoxy) is 2. The van der Waals surface area contributed by atoms with Crippen molar-refractivity contribution < 1.29 is 9.47 Å². The number of hydrogen-bond acceptors (Lipinski definition) is 5. The summed E-state index contributed by atoms with van der Waals surface area (Å²) in [6.45, 7) is 8.06. The van der Waals surface area contributed by atoms with E-state index >= 15 is 0 Å². The van der Waals surface area contributed by atoms with Crippen LogP contribution in [0.4, 0.5) is 0 Å². The summed E-state index contributed by atoms with van der Waals surface area (Å²) in [6.07, 6.45) is 2.84. The summed E-state index contributed by atoms with van der Waals surface area (Å²) in [5.41, 5.74) is 2.44. The molecule has 1 saturated heterocycles. The molecule has 1 aliphatic rings. The molecule has 0 atom stereocenters.